The first-order valence-corrected chi connectivity index (χ1v) is 7.27. The Bertz CT molecular complexity index is 530. The number of nitrogens with one attached hydrogen (secondary N) is 1. The van der Waals surface area contributed by atoms with Crippen LogP contribution in [0, 0.1) is 0 Å². The van der Waals surface area contributed by atoms with Crippen molar-refractivity contribution in [3.8, 4) is 5.75 Å². The van der Waals surface area contributed by atoms with Crippen molar-refractivity contribution >= 4 is 18.7 Å². The van der Waals surface area contributed by atoms with Gasteiger partial charge in [-0.05, 0) is 33.8 Å². The monoisotopic (exact) mass is 307 g/mol. The van der Waals surface area contributed by atoms with Gasteiger partial charge < -0.3 is 24.5 Å². The summed E-state index contributed by atoms with van der Waals surface area (Å²) >= 11 is 0. The predicted octanol–water partition coefficient (Wildman–Crippen LogP) is 1.63. The van der Waals surface area contributed by atoms with Crippen molar-refractivity contribution in [3.63, 3.8) is 0 Å². The number of carbonyl (C=O) groups is 1. The van der Waals surface area contributed by atoms with Crippen LogP contribution in [0.5, 0.6) is 5.75 Å². The standard InChI is InChI=1S/C15H22BNO5/c1-14(2)15(3,4)22-16(21-14)11-7-5-6-8-12(11)20-10-9-17-13(18)19/h5-8,17H,9-10H2,1-4H3,(H,18,19). The van der Waals surface area contributed by atoms with E-state index >= 15 is 0 Å². The molecule has 1 aliphatic rings. The van der Waals surface area contributed by atoms with E-state index in [4.69, 9.17) is 19.2 Å². The van der Waals surface area contributed by atoms with Gasteiger partial charge >= 0.3 is 13.2 Å². The Kier molecular flexibility index (Phi) is 4.67. The molecule has 7 heteroatoms. The van der Waals surface area contributed by atoms with Crippen molar-refractivity contribution in [3.05, 3.63) is 24.3 Å². The molecule has 22 heavy (non-hydrogen) atoms. The number of benzene rings is 1. The van der Waals surface area contributed by atoms with Crippen LogP contribution in [0.15, 0.2) is 24.3 Å². The van der Waals surface area contributed by atoms with E-state index in [-0.39, 0.29) is 13.2 Å². The van der Waals surface area contributed by atoms with Crippen molar-refractivity contribution in [1.29, 1.82) is 0 Å². The molecule has 0 aliphatic carbocycles. The van der Waals surface area contributed by atoms with Crippen LogP contribution < -0.4 is 15.5 Å². The van der Waals surface area contributed by atoms with Crippen LogP contribution >= 0.6 is 0 Å². The van der Waals surface area contributed by atoms with E-state index in [1.165, 1.54) is 0 Å². The van der Waals surface area contributed by atoms with Crippen molar-refractivity contribution in [1.82, 2.24) is 5.32 Å². The molecule has 0 spiro atoms. The normalized spacial score (nSPS) is 19.0. The van der Waals surface area contributed by atoms with Crippen LogP contribution in [0.3, 0.4) is 0 Å². The van der Waals surface area contributed by atoms with Gasteiger partial charge in [-0.2, -0.15) is 0 Å². The fraction of sp³-hybridized carbons (Fsp3) is 0.533. The third kappa shape index (κ3) is 3.54. The number of hydrogen-bond acceptors (Lipinski definition) is 4. The first kappa shape index (κ1) is 16.6. The second-order valence-electron chi connectivity index (χ2n) is 6.21. The lowest BCUT2D eigenvalue weighted by atomic mass is 9.78. The van der Waals surface area contributed by atoms with Crippen LogP contribution in [0.25, 0.3) is 0 Å². The average Bonchev–Trinajstić information content (AvgIpc) is 2.64. The third-order valence-electron chi connectivity index (χ3n) is 4.06. The summed E-state index contributed by atoms with van der Waals surface area (Å²) in [5.41, 5.74) is -0.0397. The summed E-state index contributed by atoms with van der Waals surface area (Å²) in [6.45, 7) is 8.43. The molecule has 0 bridgehead atoms. The predicted molar refractivity (Wildman–Crippen MR) is 83.7 cm³/mol. The lowest BCUT2D eigenvalue weighted by Crippen LogP contribution is -2.41. The molecule has 0 unspecified atom stereocenters. The summed E-state index contributed by atoms with van der Waals surface area (Å²) in [5, 5.41) is 10.8. The second-order valence-corrected chi connectivity index (χ2v) is 6.21. The molecule has 2 rings (SSSR count). The highest BCUT2D eigenvalue weighted by atomic mass is 16.7. The maximum atomic E-state index is 10.4. The van der Waals surface area contributed by atoms with Crippen LogP contribution in [0.1, 0.15) is 27.7 Å². The van der Waals surface area contributed by atoms with Gasteiger partial charge in [-0.15, -0.1) is 0 Å². The van der Waals surface area contributed by atoms with Crippen molar-refractivity contribution in [2.75, 3.05) is 13.2 Å². The molecule has 6 nitrogen and oxygen atoms in total. The van der Waals surface area contributed by atoms with Gasteiger partial charge in [0.15, 0.2) is 0 Å². The highest BCUT2D eigenvalue weighted by Crippen LogP contribution is 2.37. The summed E-state index contributed by atoms with van der Waals surface area (Å²) in [5.74, 6) is 0.633. The van der Waals surface area contributed by atoms with Gasteiger partial charge in [0.25, 0.3) is 0 Å². The Balaban J connectivity index is 2.08. The molecular formula is C15H22BNO5. The van der Waals surface area contributed by atoms with E-state index < -0.39 is 24.4 Å². The Hall–Kier alpha value is -1.73. The van der Waals surface area contributed by atoms with E-state index in [1.54, 1.807) is 0 Å². The molecule has 0 aromatic heterocycles. The van der Waals surface area contributed by atoms with Crippen LogP contribution in [-0.2, 0) is 9.31 Å². The smallest absolute Gasteiger partial charge is 0.492 e. The molecule has 1 fully saturated rings. The van der Waals surface area contributed by atoms with Crippen LogP contribution in [-0.4, -0.2) is 42.7 Å². The minimum atomic E-state index is -1.07. The van der Waals surface area contributed by atoms with Gasteiger partial charge in [0.05, 0.1) is 17.7 Å². The number of amides is 1. The van der Waals surface area contributed by atoms with Gasteiger partial charge in [-0.25, -0.2) is 4.79 Å². The summed E-state index contributed by atoms with van der Waals surface area (Å²) < 4.78 is 17.7. The molecule has 1 amide bonds. The van der Waals surface area contributed by atoms with E-state index in [0.29, 0.717) is 5.75 Å². The topological polar surface area (TPSA) is 77.0 Å². The van der Waals surface area contributed by atoms with Gasteiger partial charge in [-0.3, -0.25) is 0 Å². The fourth-order valence-electron chi connectivity index (χ4n) is 2.10. The van der Waals surface area contributed by atoms with Gasteiger partial charge in [0.1, 0.15) is 12.4 Å². The first-order valence-electron chi connectivity index (χ1n) is 7.27. The maximum Gasteiger partial charge on any atom is 0.498 e. The van der Waals surface area contributed by atoms with Gasteiger partial charge in [-0.1, -0.05) is 18.2 Å². The molecule has 0 radical (unpaired) electrons. The van der Waals surface area contributed by atoms with E-state index in [1.807, 2.05) is 52.0 Å². The van der Waals surface area contributed by atoms with E-state index in [9.17, 15) is 4.79 Å². The molecule has 1 aliphatic heterocycles. The zero-order valence-electron chi connectivity index (χ0n) is 13.4. The highest BCUT2D eigenvalue weighted by Gasteiger charge is 2.52. The molecular weight excluding hydrogens is 285 g/mol. The molecule has 1 saturated heterocycles. The van der Waals surface area contributed by atoms with Crippen molar-refractivity contribution in [2.24, 2.45) is 0 Å². The SMILES string of the molecule is CC1(C)OB(c2ccccc2OCCNC(=O)O)OC1(C)C. The number of carboxylic acid groups (broad SMARTS) is 1. The molecule has 0 atom stereocenters. The van der Waals surface area contributed by atoms with Gasteiger partial charge in [0, 0.05) is 5.46 Å². The van der Waals surface area contributed by atoms with Crippen LogP contribution in [0.4, 0.5) is 4.79 Å². The zero-order valence-corrected chi connectivity index (χ0v) is 13.4. The lowest BCUT2D eigenvalue weighted by molar-refractivity contribution is 0.00578. The number of ether oxygens (including phenoxy) is 1. The summed E-state index contributed by atoms with van der Waals surface area (Å²) in [6.07, 6.45) is -1.07. The van der Waals surface area contributed by atoms with E-state index in [0.717, 1.165) is 5.46 Å². The molecule has 0 saturated carbocycles. The molecule has 2 N–H and O–H groups in total. The van der Waals surface area contributed by atoms with Crippen LogP contribution in [0.2, 0.25) is 0 Å². The highest BCUT2D eigenvalue weighted by molar-refractivity contribution is 6.63. The van der Waals surface area contributed by atoms with Crippen molar-refractivity contribution in [2.45, 2.75) is 38.9 Å². The average molecular weight is 307 g/mol. The van der Waals surface area contributed by atoms with Crippen molar-refractivity contribution < 1.29 is 23.9 Å². The summed E-state index contributed by atoms with van der Waals surface area (Å²) in [6, 6.07) is 7.46. The second kappa shape index (κ2) is 6.18. The quantitative estimate of drug-likeness (QED) is 0.639. The Labute approximate surface area is 130 Å². The minimum absolute atomic E-state index is 0.215. The fourth-order valence-corrected chi connectivity index (χ4v) is 2.10. The zero-order chi connectivity index (χ0) is 16.4. The summed E-state index contributed by atoms with van der Waals surface area (Å²) in [4.78, 5) is 10.4. The molecule has 1 aromatic rings. The molecule has 1 aromatic carbocycles. The Morgan fingerprint density at radius 1 is 1.23 bits per heavy atom. The number of rotatable bonds is 5. The largest absolute Gasteiger partial charge is 0.498 e. The Morgan fingerprint density at radius 2 is 1.82 bits per heavy atom. The molecule has 1 heterocycles. The first-order chi connectivity index (χ1) is 10.2. The lowest BCUT2D eigenvalue weighted by Gasteiger charge is -2.32. The summed E-state index contributed by atoms with van der Waals surface area (Å²) in [7, 11) is -0.506. The minimum Gasteiger partial charge on any atom is -0.492 e. The third-order valence-corrected chi connectivity index (χ3v) is 4.06. The van der Waals surface area contributed by atoms with Gasteiger partial charge in [0.2, 0.25) is 0 Å². The molecule has 120 valence electrons. The maximum absolute atomic E-state index is 10.4. The number of hydrogen-bond donors (Lipinski definition) is 2. The van der Waals surface area contributed by atoms with E-state index in [2.05, 4.69) is 5.32 Å². The number of para-hydroxylation sites is 1. The Morgan fingerprint density at radius 3 is 2.41 bits per heavy atom.